The molecule has 28 heavy (non-hydrogen) atoms. The standard InChI is InChI=1S/C18H17BrN4O4S/c1-3-4-7-22-9-20-17-14(18(22)25)10(2)15(28-17)16(24)21-13-8-11(23(26)27)5-6-12(13)19/h5-6,8-9H,3-4,7H2,1-2H3,(H,21,24). The van der Waals surface area contributed by atoms with Gasteiger partial charge < -0.3 is 5.32 Å². The Bertz CT molecular complexity index is 1140. The lowest BCUT2D eigenvalue weighted by molar-refractivity contribution is -0.384. The molecule has 0 aliphatic rings. The van der Waals surface area contributed by atoms with Crippen molar-refractivity contribution in [1.82, 2.24) is 9.55 Å². The van der Waals surface area contributed by atoms with Crippen LogP contribution in [0.15, 0.2) is 33.8 Å². The number of unbranched alkanes of at least 4 members (excludes halogenated alkanes) is 1. The van der Waals surface area contributed by atoms with Crippen LogP contribution >= 0.6 is 27.3 Å². The lowest BCUT2D eigenvalue weighted by Crippen LogP contribution is -2.20. The number of carbonyl (C=O) groups is 1. The molecule has 1 N–H and O–H groups in total. The molecule has 0 aliphatic heterocycles. The number of hydrogen-bond acceptors (Lipinski definition) is 6. The van der Waals surface area contributed by atoms with Gasteiger partial charge in [0, 0.05) is 23.2 Å². The van der Waals surface area contributed by atoms with Crippen molar-refractivity contribution in [2.75, 3.05) is 5.32 Å². The van der Waals surface area contributed by atoms with Gasteiger partial charge in [-0.05, 0) is 40.9 Å². The number of amides is 1. The van der Waals surface area contributed by atoms with Crippen molar-refractivity contribution >= 4 is 54.8 Å². The van der Waals surface area contributed by atoms with E-state index in [-0.39, 0.29) is 16.9 Å². The first-order valence-corrected chi connectivity index (χ1v) is 10.2. The second-order valence-corrected chi connectivity index (χ2v) is 8.06. The molecule has 0 unspecified atom stereocenters. The number of hydrogen-bond donors (Lipinski definition) is 1. The molecule has 0 atom stereocenters. The highest BCUT2D eigenvalue weighted by molar-refractivity contribution is 9.10. The Hall–Kier alpha value is -2.59. The summed E-state index contributed by atoms with van der Waals surface area (Å²) in [7, 11) is 0. The number of nitro groups is 1. The van der Waals surface area contributed by atoms with Gasteiger partial charge in [0.2, 0.25) is 0 Å². The van der Waals surface area contributed by atoms with Crippen molar-refractivity contribution in [2.24, 2.45) is 0 Å². The van der Waals surface area contributed by atoms with Crippen LogP contribution in [0.4, 0.5) is 11.4 Å². The van der Waals surface area contributed by atoms with Crippen LogP contribution in [-0.2, 0) is 6.54 Å². The zero-order chi connectivity index (χ0) is 20.4. The average molecular weight is 465 g/mol. The minimum Gasteiger partial charge on any atom is -0.320 e. The molecule has 0 aliphatic carbocycles. The van der Waals surface area contributed by atoms with E-state index in [0.717, 1.165) is 24.2 Å². The minimum atomic E-state index is -0.532. The van der Waals surface area contributed by atoms with Crippen LogP contribution in [0.1, 0.15) is 35.0 Å². The van der Waals surface area contributed by atoms with Crippen LogP contribution in [0.25, 0.3) is 10.2 Å². The number of aryl methyl sites for hydroxylation is 2. The van der Waals surface area contributed by atoms with E-state index < -0.39 is 10.8 Å². The number of aromatic nitrogens is 2. The van der Waals surface area contributed by atoms with E-state index in [2.05, 4.69) is 26.2 Å². The Morgan fingerprint density at radius 3 is 2.86 bits per heavy atom. The molecule has 0 radical (unpaired) electrons. The SMILES string of the molecule is CCCCn1cnc2sc(C(=O)Nc3cc([N+](=O)[O-])ccc3Br)c(C)c2c1=O. The van der Waals surface area contributed by atoms with Crippen LogP contribution < -0.4 is 10.9 Å². The molecular formula is C18H17BrN4O4S. The number of benzene rings is 1. The Morgan fingerprint density at radius 1 is 1.43 bits per heavy atom. The third-order valence-electron chi connectivity index (χ3n) is 4.29. The van der Waals surface area contributed by atoms with Gasteiger partial charge in [0.15, 0.2) is 0 Å². The monoisotopic (exact) mass is 464 g/mol. The number of nitrogens with one attached hydrogen (secondary N) is 1. The molecule has 2 heterocycles. The maximum Gasteiger partial charge on any atom is 0.271 e. The van der Waals surface area contributed by atoms with E-state index in [9.17, 15) is 19.7 Å². The van der Waals surface area contributed by atoms with Crippen molar-refractivity contribution in [3.8, 4) is 0 Å². The van der Waals surface area contributed by atoms with Crippen molar-refractivity contribution in [3.05, 3.63) is 59.9 Å². The molecule has 0 saturated heterocycles. The number of fused-ring (bicyclic) bond motifs is 1. The van der Waals surface area contributed by atoms with Gasteiger partial charge in [0.1, 0.15) is 4.83 Å². The van der Waals surface area contributed by atoms with Crippen LogP contribution in [0, 0.1) is 17.0 Å². The van der Waals surface area contributed by atoms with Crippen molar-refractivity contribution in [1.29, 1.82) is 0 Å². The number of halogens is 1. The van der Waals surface area contributed by atoms with Gasteiger partial charge in [-0.25, -0.2) is 4.98 Å². The maximum absolute atomic E-state index is 12.8. The number of anilines is 1. The van der Waals surface area contributed by atoms with Crippen LogP contribution in [-0.4, -0.2) is 20.4 Å². The number of rotatable bonds is 6. The van der Waals surface area contributed by atoms with Crippen molar-refractivity contribution in [3.63, 3.8) is 0 Å². The molecule has 3 rings (SSSR count). The van der Waals surface area contributed by atoms with Gasteiger partial charge >= 0.3 is 0 Å². The van der Waals surface area contributed by atoms with E-state index >= 15 is 0 Å². The van der Waals surface area contributed by atoms with E-state index in [1.807, 2.05) is 6.92 Å². The first-order valence-electron chi connectivity index (χ1n) is 8.57. The second-order valence-electron chi connectivity index (χ2n) is 6.21. The predicted molar refractivity (Wildman–Crippen MR) is 112 cm³/mol. The number of nitrogens with zero attached hydrogens (tertiary/aromatic N) is 3. The summed E-state index contributed by atoms with van der Waals surface area (Å²) in [5, 5.41) is 14.1. The molecule has 0 bridgehead atoms. The summed E-state index contributed by atoms with van der Waals surface area (Å²) >= 11 is 4.41. The number of nitro benzene ring substituents is 1. The number of carbonyl (C=O) groups excluding carboxylic acids is 1. The van der Waals surface area contributed by atoms with Crippen molar-refractivity contribution in [2.45, 2.75) is 33.2 Å². The molecule has 0 saturated carbocycles. The maximum atomic E-state index is 12.8. The quantitative estimate of drug-likeness (QED) is 0.427. The molecule has 0 spiro atoms. The lowest BCUT2D eigenvalue weighted by atomic mass is 10.2. The molecule has 3 aromatic rings. The summed E-state index contributed by atoms with van der Waals surface area (Å²) in [5.74, 6) is -0.443. The van der Waals surface area contributed by atoms with Gasteiger partial charge in [0.05, 0.1) is 27.2 Å². The molecule has 1 amide bonds. The molecule has 8 nitrogen and oxygen atoms in total. The minimum absolute atomic E-state index is 0.132. The van der Waals surface area contributed by atoms with Crippen LogP contribution in [0.5, 0.6) is 0 Å². The van der Waals surface area contributed by atoms with Crippen LogP contribution in [0.2, 0.25) is 0 Å². The smallest absolute Gasteiger partial charge is 0.271 e. The van der Waals surface area contributed by atoms with Crippen molar-refractivity contribution < 1.29 is 9.72 Å². The Balaban J connectivity index is 1.98. The summed E-state index contributed by atoms with van der Waals surface area (Å²) < 4.78 is 2.08. The number of non-ortho nitro benzene ring substituents is 1. The zero-order valence-electron chi connectivity index (χ0n) is 15.2. The zero-order valence-corrected chi connectivity index (χ0v) is 17.6. The van der Waals surface area contributed by atoms with E-state index in [0.29, 0.717) is 31.7 Å². The largest absolute Gasteiger partial charge is 0.320 e. The van der Waals surface area contributed by atoms with E-state index in [1.54, 1.807) is 11.5 Å². The third-order valence-corrected chi connectivity index (χ3v) is 6.18. The second kappa shape index (κ2) is 8.19. The topological polar surface area (TPSA) is 107 Å². The molecule has 1 aromatic carbocycles. The fourth-order valence-corrected chi connectivity index (χ4v) is 4.15. The van der Waals surface area contributed by atoms with Gasteiger partial charge in [-0.3, -0.25) is 24.3 Å². The summed E-state index contributed by atoms with van der Waals surface area (Å²) in [6.07, 6.45) is 3.33. The Labute approximate surface area is 172 Å². The fraction of sp³-hybridized carbons (Fsp3) is 0.278. The Kier molecular flexibility index (Phi) is 5.90. The number of thiophene rings is 1. The summed E-state index contributed by atoms with van der Waals surface area (Å²) in [4.78, 5) is 41.1. The fourth-order valence-electron chi connectivity index (χ4n) is 2.77. The van der Waals surface area contributed by atoms with E-state index in [1.165, 1.54) is 24.5 Å². The van der Waals surface area contributed by atoms with Crippen LogP contribution in [0.3, 0.4) is 0 Å². The lowest BCUT2D eigenvalue weighted by Gasteiger charge is -2.07. The first-order chi connectivity index (χ1) is 13.3. The summed E-state index contributed by atoms with van der Waals surface area (Å²) in [5.41, 5.74) is 0.543. The highest BCUT2D eigenvalue weighted by Gasteiger charge is 2.21. The highest BCUT2D eigenvalue weighted by atomic mass is 79.9. The molecule has 0 fully saturated rings. The molecule has 10 heteroatoms. The van der Waals surface area contributed by atoms with Gasteiger partial charge in [-0.15, -0.1) is 11.3 Å². The Morgan fingerprint density at radius 2 is 2.18 bits per heavy atom. The molecular weight excluding hydrogens is 448 g/mol. The predicted octanol–water partition coefficient (Wildman–Crippen LogP) is 4.49. The molecule has 146 valence electrons. The molecule has 2 aromatic heterocycles. The van der Waals surface area contributed by atoms with Gasteiger partial charge in [-0.2, -0.15) is 0 Å². The summed E-state index contributed by atoms with van der Waals surface area (Å²) in [6.45, 7) is 4.33. The van der Waals surface area contributed by atoms with Gasteiger partial charge in [0.25, 0.3) is 17.2 Å². The van der Waals surface area contributed by atoms with E-state index in [4.69, 9.17) is 0 Å². The highest BCUT2D eigenvalue weighted by Crippen LogP contribution is 2.31. The summed E-state index contributed by atoms with van der Waals surface area (Å²) in [6, 6.07) is 4.12. The van der Waals surface area contributed by atoms with Gasteiger partial charge in [-0.1, -0.05) is 13.3 Å². The normalized spacial score (nSPS) is 11.0. The average Bonchev–Trinajstić information content (AvgIpc) is 3.00. The third kappa shape index (κ3) is 3.83. The first kappa shape index (κ1) is 20.2.